The molecule has 0 aliphatic carbocycles. The van der Waals surface area contributed by atoms with Gasteiger partial charge in [-0.15, -0.1) is 0 Å². The van der Waals surface area contributed by atoms with Crippen molar-refractivity contribution in [2.45, 2.75) is 78.6 Å². The lowest BCUT2D eigenvalue weighted by Gasteiger charge is -2.27. The summed E-state index contributed by atoms with van der Waals surface area (Å²) < 4.78 is 11.5. The molecular formula is C28H40N2O4. The Labute approximate surface area is 204 Å². The number of carbonyl (C=O) groups excluding carboxylic acids is 2. The number of ether oxygens (including phenoxy) is 2. The molecule has 2 N–H and O–H groups in total. The van der Waals surface area contributed by atoms with E-state index in [1.807, 2.05) is 36.4 Å². The van der Waals surface area contributed by atoms with E-state index >= 15 is 0 Å². The summed E-state index contributed by atoms with van der Waals surface area (Å²) in [5.41, 5.74) is 7.93. The molecule has 0 aliphatic rings. The number of hydrogen-bond donors (Lipinski definition) is 2. The van der Waals surface area contributed by atoms with Gasteiger partial charge in [0, 0.05) is 0 Å². The van der Waals surface area contributed by atoms with Crippen molar-refractivity contribution in [2.24, 2.45) is 0 Å². The number of hydrazine groups is 1. The Morgan fingerprint density at radius 2 is 1.38 bits per heavy atom. The molecule has 6 nitrogen and oxygen atoms in total. The molecule has 0 heterocycles. The van der Waals surface area contributed by atoms with E-state index in [-0.39, 0.29) is 24.0 Å². The highest BCUT2D eigenvalue weighted by Gasteiger charge is 2.23. The molecule has 2 rings (SSSR count). The number of rotatable bonds is 8. The van der Waals surface area contributed by atoms with E-state index in [2.05, 4.69) is 72.3 Å². The van der Waals surface area contributed by atoms with Gasteiger partial charge in [0.05, 0.1) is 0 Å². The molecule has 0 bridgehead atoms. The van der Waals surface area contributed by atoms with Crippen LogP contribution in [0.4, 0.5) is 0 Å². The number of hydrogen-bond acceptors (Lipinski definition) is 4. The Kier molecular flexibility index (Phi) is 9.14. The van der Waals surface area contributed by atoms with Gasteiger partial charge in [0.25, 0.3) is 11.8 Å². The Bertz CT molecular complexity index is 987. The lowest BCUT2D eigenvalue weighted by Crippen LogP contribution is -2.45. The summed E-state index contributed by atoms with van der Waals surface area (Å²) >= 11 is 0. The second-order valence-electron chi connectivity index (χ2n) is 10.7. The van der Waals surface area contributed by atoms with Crippen molar-refractivity contribution in [1.82, 2.24) is 10.9 Å². The van der Waals surface area contributed by atoms with E-state index < -0.39 is 11.8 Å². The van der Waals surface area contributed by atoms with Crippen molar-refractivity contribution in [3.8, 4) is 11.5 Å². The molecule has 0 saturated heterocycles. The Morgan fingerprint density at radius 1 is 0.824 bits per heavy atom. The standard InChI is InChI=1S/C28H40N2O4/c1-9-19(2)21-12-10-11-13-23(21)33-17-25(31)29-30-26(32)18-34-24-15-14-20(27(3,4)5)16-22(24)28(6,7)8/h10-16,19H,9,17-18H2,1-8H3,(H,29,31)(H,30,32). The molecule has 6 heteroatoms. The molecule has 34 heavy (non-hydrogen) atoms. The van der Waals surface area contributed by atoms with Crippen LogP contribution in [-0.2, 0) is 20.4 Å². The zero-order chi connectivity index (χ0) is 25.5. The summed E-state index contributed by atoms with van der Waals surface area (Å²) in [4.78, 5) is 24.4. The summed E-state index contributed by atoms with van der Waals surface area (Å²) in [5, 5.41) is 0. The third-order valence-electron chi connectivity index (χ3n) is 5.77. The monoisotopic (exact) mass is 468 g/mol. The third kappa shape index (κ3) is 7.79. The fraction of sp³-hybridized carbons (Fsp3) is 0.500. The molecule has 0 radical (unpaired) electrons. The number of carbonyl (C=O) groups is 2. The largest absolute Gasteiger partial charge is 0.483 e. The van der Waals surface area contributed by atoms with E-state index in [0.29, 0.717) is 17.4 Å². The molecule has 1 unspecified atom stereocenters. The third-order valence-corrected chi connectivity index (χ3v) is 5.77. The van der Waals surface area contributed by atoms with Gasteiger partial charge in [0.2, 0.25) is 0 Å². The van der Waals surface area contributed by atoms with Gasteiger partial charge in [-0.2, -0.15) is 0 Å². The first-order valence-corrected chi connectivity index (χ1v) is 11.9. The van der Waals surface area contributed by atoms with Crippen LogP contribution in [0.5, 0.6) is 11.5 Å². The minimum Gasteiger partial charge on any atom is -0.483 e. The number of benzene rings is 2. The normalized spacial score (nSPS) is 12.6. The van der Waals surface area contributed by atoms with E-state index in [4.69, 9.17) is 9.47 Å². The summed E-state index contributed by atoms with van der Waals surface area (Å²) in [5.74, 6) is 0.763. The van der Waals surface area contributed by atoms with Gasteiger partial charge in [-0.05, 0) is 52.0 Å². The maximum absolute atomic E-state index is 12.3. The first-order valence-electron chi connectivity index (χ1n) is 11.9. The maximum Gasteiger partial charge on any atom is 0.276 e. The molecule has 2 aromatic rings. The minimum absolute atomic E-state index is 0.0113. The van der Waals surface area contributed by atoms with E-state index in [0.717, 1.165) is 17.5 Å². The van der Waals surface area contributed by atoms with Crippen molar-refractivity contribution in [1.29, 1.82) is 0 Å². The van der Waals surface area contributed by atoms with E-state index in [1.165, 1.54) is 5.56 Å². The highest BCUT2D eigenvalue weighted by Crippen LogP contribution is 2.35. The van der Waals surface area contributed by atoms with Crippen LogP contribution < -0.4 is 20.3 Å². The van der Waals surface area contributed by atoms with E-state index in [9.17, 15) is 9.59 Å². The van der Waals surface area contributed by atoms with Crippen LogP contribution in [0.15, 0.2) is 42.5 Å². The summed E-state index contributed by atoms with van der Waals surface area (Å²) in [6.45, 7) is 16.6. The highest BCUT2D eigenvalue weighted by molar-refractivity contribution is 5.83. The zero-order valence-electron chi connectivity index (χ0n) is 21.9. The lowest BCUT2D eigenvalue weighted by atomic mass is 9.80. The van der Waals surface area contributed by atoms with Crippen molar-refractivity contribution < 1.29 is 19.1 Å². The van der Waals surface area contributed by atoms with Crippen LogP contribution >= 0.6 is 0 Å². The molecule has 1 atom stereocenters. The van der Waals surface area contributed by atoms with Crippen LogP contribution in [0.25, 0.3) is 0 Å². The topological polar surface area (TPSA) is 76.7 Å². The summed E-state index contributed by atoms with van der Waals surface area (Å²) in [6.07, 6.45) is 0.971. The zero-order valence-corrected chi connectivity index (χ0v) is 21.9. The minimum atomic E-state index is -0.451. The SMILES string of the molecule is CCC(C)c1ccccc1OCC(=O)NNC(=O)COc1ccc(C(C)(C)C)cc1C(C)(C)C. The van der Waals surface area contributed by atoms with Crippen LogP contribution in [0.1, 0.15) is 84.4 Å². The molecule has 0 saturated carbocycles. The van der Waals surface area contributed by atoms with Crippen molar-refractivity contribution >= 4 is 11.8 Å². The average Bonchev–Trinajstić information content (AvgIpc) is 2.78. The predicted octanol–water partition coefficient (Wildman–Crippen LogP) is 5.40. The second-order valence-corrected chi connectivity index (χ2v) is 10.7. The maximum atomic E-state index is 12.3. The van der Waals surface area contributed by atoms with Gasteiger partial charge in [0.15, 0.2) is 13.2 Å². The fourth-order valence-corrected chi connectivity index (χ4v) is 3.45. The van der Waals surface area contributed by atoms with Gasteiger partial charge >= 0.3 is 0 Å². The number of nitrogens with one attached hydrogen (secondary N) is 2. The number of amides is 2. The van der Waals surface area contributed by atoms with Crippen LogP contribution in [0.2, 0.25) is 0 Å². The van der Waals surface area contributed by atoms with Gasteiger partial charge in [0.1, 0.15) is 11.5 Å². The molecule has 0 fully saturated rings. The lowest BCUT2D eigenvalue weighted by molar-refractivity contribution is -0.131. The molecular weight excluding hydrogens is 428 g/mol. The highest BCUT2D eigenvalue weighted by atomic mass is 16.5. The smallest absolute Gasteiger partial charge is 0.276 e. The molecule has 0 spiro atoms. The first-order chi connectivity index (χ1) is 15.8. The Hall–Kier alpha value is -3.02. The van der Waals surface area contributed by atoms with Gasteiger partial charge in [-0.3, -0.25) is 20.4 Å². The molecule has 186 valence electrons. The summed E-state index contributed by atoms with van der Waals surface area (Å²) in [6, 6.07) is 13.8. The Balaban J connectivity index is 1.90. The first kappa shape index (κ1) is 27.2. The van der Waals surface area contributed by atoms with Crippen LogP contribution in [-0.4, -0.2) is 25.0 Å². The molecule has 0 aliphatic heterocycles. The summed E-state index contributed by atoms with van der Waals surface area (Å²) in [7, 11) is 0. The molecule has 0 aromatic heterocycles. The fourth-order valence-electron chi connectivity index (χ4n) is 3.45. The Morgan fingerprint density at radius 3 is 1.91 bits per heavy atom. The van der Waals surface area contributed by atoms with Gasteiger partial charge in [-0.25, -0.2) is 0 Å². The molecule has 2 amide bonds. The van der Waals surface area contributed by atoms with Crippen molar-refractivity contribution in [2.75, 3.05) is 13.2 Å². The second kappa shape index (κ2) is 11.4. The van der Waals surface area contributed by atoms with Gasteiger partial charge in [-0.1, -0.05) is 85.7 Å². The van der Waals surface area contributed by atoms with Crippen LogP contribution in [0, 0.1) is 0 Å². The van der Waals surface area contributed by atoms with Crippen molar-refractivity contribution in [3.05, 3.63) is 59.2 Å². The number of para-hydroxylation sites is 1. The average molecular weight is 469 g/mol. The van der Waals surface area contributed by atoms with Gasteiger partial charge < -0.3 is 9.47 Å². The van der Waals surface area contributed by atoms with Crippen molar-refractivity contribution in [3.63, 3.8) is 0 Å². The quantitative estimate of drug-likeness (QED) is 0.509. The van der Waals surface area contributed by atoms with Crippen LogP contribution in [0.3, 0.4) is 0 Å². The van der Waals surface area contributed by atoms with E-state index in [1.54, 1.807) is 0 Å². The predicted molar refractivity (Wildman–Crippen MR) is 136 cm³/mol. The molecule has 2 aromatic carbocycles.